The summed E-state index contributed by atoms with van der Waals surface area (Å²) in [5, 5.41) is 19.2. The van der Waals surface area contributed by atoms with Crippen molar-refractivity contribution in [2.45, 2.75) is 13.0 Å². The number of nitrogens with zero attached hydrogens (tertiary/aromatic N) is 1. The minimum Gasteiger partial charge on any atom is -0.507 e. The van der Waals surface area contributed by atoms with Gasteiger partial charge in [0, 0.05) is 24.4 Å². The van der Waals surface area contributed by atoms with Crippen LogP contribution in [0.2, 0.25) is 0 Å². The minimum atomic E-state index is -0.971. The van der Waals surface area contributed by atoms with E-state index < -0.39 is 5.97 Å². The van der Waals surface area contributed by atoms with Crippen molar-refractivity contribution in [3.8, 4) is 5.75 Å². The highest BCUT2D eigenvalue weighted by Crippen LogP contribution is 2.29. The van der Waals surface area contributed by atoms with Gasteiger partial charge in [0.05, 0.1) is 17.9 Å². The van der Waals surface area contributed by atoms with Gasteiger partial charge >= 0.3 is 5.97 Å². The minimum absolute atomic E-state index is 0.0650. The number of phenols is 1. The molecule has 2 aromatic carbocycles. The smallest absolute Gasteiger partial charge is 0.335 e. The Labute approximate surface area is 174 Å². The van der Waals surface area contributed by atoms with E-state index in [1.807, 2.05) is 11.8 Å². The lowest BCUT2D eigenvalue weighted by Crippen LogP contribution is -2.39. The van der Waals surface area contributed by atoms with Crippen LogP contribution >= 0.6 is 0 Å². The molecular weight excluding hydrogens is 384 g/mol. The fourth-order valence-corrected chi connectivity index (χ4v) is 3.53. The number of morpholine rings is 1. The van der Waals surface area contributed by atoms with Gasteiger partial charge in [-0.25, -0.2) is 4.79 Å². The maximum Gasteiger partial charge on any atom is 0.335 e. The average Bonchev–Trinajstić information content (AvgIpc) is 2.71. The van der Waals surface area contributed by atoms with Gasteiger partial charge in [-0.05, 0) is 48.4 Å². The molecule has 1 saturated heterocycles. The van der Waals surface area contributed by atoms with Crippen LogP contribution in [0.4, 0.5) is 0 Å². The topological polar surface area (TPSA) is 148 Å². The van der Waals surface area contributed by atoms with E-state index in [2.05, 4.69) is 0 Å². The SMILES string of the molecule is Cc1cc(C(=O)O)ccc1C1CN(C(/C=C(\N)c2ccccc2O)=C(N)N)CCO1. The Balaban J connectivity index is 1.87. The first-order valence-corrected chi connectivity index (χ1v) is 9.49. The number of hydrogen-bond donors (Lipinski definition) is 5. The van der Waals surface area contributed by atoms with Crippen LogP contribution in [0.3, 0.4) is 0 Å². The van der Waals surface area contributed by atoms with E-state index in [0.29, 0.717) is 36.7 Å². The normalized spacial score (nSPS) is 16.9. The van der Waals surface area contributed by atoms with Crippen molar-refractivity contribution < 1.29 is 19.7 Å². The Morgan fingerprint density at radius 1 is 1.20 bits per heavy atom. The van der Waals surface area contributed by atoms with E-state index in [0.717, 1.165) is 11.1 Å². The number of benzene rings is 2. The van der Waals surface area contributed by atoms with Gasteiger partial charge in [-0.1, -0.05) is 18.2 Å². The van der Waals surface area contributed by atoms with Crippen LogP contribution in [0, 0.1) is 6.92 Å². The van der Waals surface area contributed by atoms with Gasteiger partial charge in [0.2, 0.25) is 0 Å². The first-order valence-electron chi connectivity index (χ1n) is 9.49. The average molecular weight is 410 g/mol. The van der Waals surface area contributed by atoms with Crippen molar-refractivity contribution in [3.63, 3.8) is 0 Å². The summed E-state index contributed by atoms with van der Waals surface area (Å²) in [6.45, 7) is 3.31. The molecule has 158 valence electrons. The molecule has 0 saturated carbocycles. The molecule has 0 bridgehead atoms. The molecule has 1 fully saturated rings. The Kier molecular flexibility index (Phi) is 6.17. The lowest BCUT2D eigenvalue weighted by atomic mass is 9.99. The molecule has 0 amide bonds. The molecule has 3 rings (SSSR count). The summed E-state index contributed by atoms with van der Waals surface area (Å²) in [7, 11) is 0. The summed E-state index contributed by atoms with van der Waals surface area (Å²) in [4.78, 5) is 13.2. The number of rotatable bonds is 5. The van der Waals surface area contributed by atoms with Gasteiger partial charge in [0.15, 0.2) is 0 Å². The van der Waals surface area contributed by atoms with E-state index >= 15 is 0 Å². The quantitative estimate of drug-likeness (QED) is 0.469. The molecule has 0 aliphatic carbocycles. The van der Waals surface area contributed by atoms with Gasteiger partial charge in [-0.3, -0.25) is 0 Å². The van der Waals surface area contributed by atoms with Crippen LogP contribution in [0.15, 0.2) is 60.1 Å². The lowest BCUT2D eigenvalue weighted by molar-refractivity contribution is -0.0175. The van der Waals surface area contributed by atoms with Gasteiger partial charge in [0.25, 0.3) is 0 Å². The van der Waals surface area contributed by atoms with E-state index in [1.165, 1.54) is 0 Å². The van der Waals surface area contributed by atoms with Gasteiger partial charge in [-0.15, -0.1) is 0 Å². The zero-order valence-electron chi connectivity index (χ0n) is 16.7. The van der Waals surface area contributed by atoms with Gasteiger partial charge < -0.3 is 37.1 Å². The molecule has 0 aromatic heterocycles. The number of carboxylic acids is 1. The largest absolute Gasteiger partial charge is 0.507 e. The number of carboxylic acid groups (broad SMARTS) is 1. The predicted octanol–water partition coefficient (Wildman–Crippen LogP) is 1.86. The first-order chi connectivity index (χ1) is 14.3. The van der Waals surface area contributed by atoms with Crippen LogP contribution < -0.4 is 17.2 Å². The molecule has 1 heterocycles. The second-order valence-electron chi connectivity index (χ2n) is 7.14. The third kappa shape index (κ3) is 4.49. The number of nitrogens with two attached hydrogens (primary N) is 3. The fourth-order valence-electron chi connectivity index (χ4n) is 3.53. The van der Waals surface area contributed by atoms with Crippen molar-refractivity contribution in [1.29, 1.82) is 0 Å². The van der Waals surface area contributed by atoms with E-state index in [1.54, 1.807) is 48.5 Å². The van der Waals surface area contributed by atoms with Crippen molar-refractivity contribution in [1.82, 2.24) is 4.90 Å². The van der Waals surface area contributed by atoms with Crippen LogP contribution in [0.1, 0.15) is 33.2 Å². The highest BCUT2D eigenvalue weighted by Gasteiger charge is 2.25. The molecule has 8 N–H and O–H groups in total. The van der Waals surface area contributed by atoms with Crippen molar-refractivity contribution in [3.05, 3.63) is 82.3 Å². The fraction of sp³-hybridized carbons (Fsp3) is 0.227. The number of para-hydroxylation sites is 1. The van der Waals surface area contributed by atoms with E-state index in [9.17, 15) is 15.0 Å². The summed E-state index contributed by atoms with van der Waals surface area (Å²) in [6.07, 6.45) is 1.36. The number of aromatic carboxylic acids is 1. The Bertz CT molecular complexity index is 1010. The number of carbonyl (C=O) groups is 1. The van der Waals surface area contributed by atoms with E-state index in [-0.39, 0.29) is 23.2 Å². The van der Waals surface area contributed by atoms with Crippen molar-refractivity contribution in [2.75, 3.05) is 19.7 Å². The van der Waals surface area contributed by atoms with Crippen molar-refractivity contribution >= 4 is 11.7 Å². The van der Waals surface area contributed by atoms with Crippen LogP contribution in [0.5, 0.6) is 5.75 Å². The van der Waals surface area contributed by atoms with Gasteiger partial charge in [0.1, 0.15) is 17.7 Å². The van der Waals surface area contributed by atoms with Crippen LogP contribution in [0.25, 0.3) is 5.70 Å². The Morgan fingerprint density at radius 3 is 2.57 bits per heavy atom. The number of allylic oxidation sites excluding steroid dienone is 1. The maximum absolute atomic E-state index is 11.2. The summed E-state index contributed by atoms with van der Waals surface area (Å²) in [6, 6.07) is 11.7. The Hall–Kier alpha value is -3.65. The van der Waals surface area contributed by atoms with Crippen LogP contribution in [-0.2, 0) is 4.74 Å². The summed E-state index contributed by atoms with van der Waals surface area (Å²) < 4.78 is 5.93. The second-order valence-corrected chi connectivity index (χ2v) is 7.14. The van der Waals surface area contributed by atoms with Crippen molar-refractivity contribution in [2.24, 2.45) is 17.2 Å². The third-order valence-electron chi connectivity index (χ3n) is 5.07. The molecule has 1 unspecified atom stereocenters. The second kappa shape index (κ2) is 8.79. The molecule has 30 heavy (non-hydrogen) atoms. The van der Waals surface area contributed by atoms with E-state index in [4.69, 9.17) is 21.9 Å². The zero-order chi connectivity index (χ0) is 21.8. The molecular formula is C22H26N4O4. The summed E-state index contributed by atoms with van der Waals surface area (Å²) in [5.41, 5.74) is 21.4. The molecule has 8 nitrogen and oxygen atoms in total. The molecule has 0 radical (unpaired) electrons. The Morgan fingerprint density at radius 2 is 1.93 bits per heavy atom. The summed E-state index contributed by atoms with van der Waals surface area (Å²) in [5.74, 6) is -0.802. The molecule has 0 spiro atoms. The van der Waals surface area contributed by atoms with Gasteiger partial charge in [-0.2, -0.15) is 0 Å². The monoisotopic (exact) mass is 410 g/mol. The summed E-state index contributed by atoms with van der Waals surface area (Å²) >= 11 is 0. The highest BCUT2D eigenvalue weighted by atomic mass is 16.5. The number of hydrogen-bond acceptors (Lipinski definition) is 7. The first kappa shape index (κ1) is 21.1. The third-order valence-corrected chi connectivity index (χ3v) is 5.07. The number of aryl methyl sites for hydroxylation is 1. The molecule has 1 aliphatic rings. The molecule has 8 heteroatoms. The van der Waals surface area contributed by atoms with Crippen LogP contribution in [-0.4, -0.2) is 40.8 Å². The number of aromatic hydroxyl groups is 1. The standard InChI is InChI=1S/C22H26N4O4/c1-13-10-14(22(28)29)6-7-15(13)20-12-26(8-9-30-20)18(21(24)25)11-17(23)16-4-2-3-5-19(16)27/h2-7,10-11,20,27H,8-9,12,23-25H2,1H3,(H,28,29)/b17-11-. The molecule has 1 atom stereocenters. The number of ether oxygens (including phenoxy) is 1. The maximum atomic E-state index is 11.2. The number of phenolic OH excluding ortho intramolecular Hbond substituents is 1. The lowest BCUT2D eigenvalue weighted by Gasteiger charge is -2.36. The zero-order valence-corrected chi connectivity index (χ0v) is 16.7. The highest BCUT2D eigenvalue weighted by molar-refractivity contribution is 5.87. The predicted molar refractivity (Wildman–Crippen MR) is 114 cm³/mol. The molecule has 2 aromatic rings. The molecule has 1 aliphatic heterocycles.